The summed E-state index contributed by atoms with van der Waals surface area (Å²) < 4.78 is 10.7. The number of rotatable bonds is 3. The van der Waals surface area contributed by atoms with E-state index in [1.165, 1.54) is 0 Å². The van der Waals surface area contributed by atoms with Crippen LogP contribution in [0.4, 0.5) is 0 Å². The average molecular weight is 299 g/mol. The van der Waals surface area contributed by atoms with Crippen LogP contribution in [0.2, 0.25) is 0 Å². The first-order valence-electron chi connectivity index (χ1n) is 6.64. The Kier molecular flexibility index (Phi) is 4.40. The van der Waals surface area contributed by atoms with E-state index in [1.807, 2.05) is 18.2 Å². The van der Waals surface area contributed by atoms with E-state index in [0.29, 0.717) is 6.54 Å². The maximum atomic E-state index is 12.1. The van der Waals surface area contributed by atoms with Gasteiger partial charge in [0, 0.05) is 12.1 Å². The minimum absolute atomic E-state index is 0. The molecule has 0 spiro atoms. The van der Waals surface area contributed by atoms with Gasteiger partial charge in [-0.1, -0.05) is 25.0 Å². The molecule has 0 saturated heterocycles. The van der Waals surface area contributed by atoms with Crippen LogP contribution in [0.3, 0.4) is 0 Å². The van der Waals surface area contributed by atoms with Crippen LogP contribution in [-0.4, -0.2) is 18.2 Å². The van der Waals surface area contributed by atoms with Crippen LogP contribution >= 0.6 is 12.4 Å². The van der Waals surface area contributed by atoms with Crippen molar-refractivity contribution in [1.29, 1.82) is 0 Å². The van der Waals surface area contributed by atoms with E-state index in [4.69, 9.17) is 15.2 Å². The molecule has 1 saturated carbocycles. The summed E-state index contributed by atoms with van der Waals surface area (Å²) >= 11 is 0. The van der Waals surface area contributed by atoms with Gasteiger partial charge in [-0.2, -0.15) is 0 Å². The molecule has 1 fully saturated rings. The number of benzene rings is 1. The van der Waals surface area contributed by atoms with E-state index in [1.54, 1.807) is 0 Å². The number of nitrogens with two attached hydrogens (primary N) is 1. The molecule has 3 rings (SSSR count). The number of nitrogens with one attached hydrogen (secondary N) is 1. The molecular weight excluding hydrogens is 280 g/mol. The van der Waals surface area contributed by atoms with Crippen LogP contribution in [0.25, 0.3) is 0 Å². The van der Waals surface area contributed by atoms with Gasteiger partial charge in [-0.3, -0.25) is 4.79 Å². The van der Waals surface area contributed by atoms with E-state index >= 15 is 0 Å². The predicted octanol–water partition coefficient (Wildman–Crippen LogP) is 1.72. The molecule has 1 aliphatic carbocycles. The number of ether oxygens (including phenoxy) is 2. The van der Waals surface area contributed by atoms with Crippen molar-refractivity contribution < 1.29 is 14.3 Å². The summed E-state index contributed by atoms with van der Waals surface area (Å²) in [5, 5.41) is 2.91. The van der Waals surface area contributed by atoms with Crippen molar-refractivity contribution in [2.24, 2.45) is 5.73 Å². The van der Waals surface area contributed by atoms with Crippen molar-refractivity contribution in [3.63, 3.8) is 0 Å². The molecular formula is C14H19ClN2O3. The number of carbonyl (C=O) groups excluding carboxylic acids is 1. The van der Waals surface area contributed by atoms with Crippen molar-refractivity contribution in [2.75, 3.05) is 6.79 Å². The molecule has 1 aliphatic heterocycles. The number of carbonyl (C=O) groups is 1. The van der Waals surface area contributed by atoms with Crippen LogP contribution in [0.1, 0.15) is 31.2 Å². The number of fused-ring (bicyclic) bond motifs is 1. The van der Waals surface area contributed by atoms with Crippen LogP contribution in [0, 0.1) is 0 Å². The van der Waals surface area contributed by atoms with E-state index in [0.717, 1.165) is 42.7 Å². The van der Waals surface area contributed by atoms with Gasteiger partial charge in [0.2, 0.25) is 12.7 Å². The number of hydrogen-bond donors (Lipinski definition) is 2. The SMILES string of the molecule is Cl.NC1(C(=O)NCc2cccc3c2OCO3)CCCC1. The molecule has 5 nitrogen and oxygen atoms in total. The Morgan fingerprint density at radius 1 is 1.30 bits per heavy atom. The number of amides is 1. The van der Waals surface area contributed by atoms with Crippen molar-refractivity contribution >= 4 is 18.3 Å². The highest BCUT2D eigenvalue weighted by molar-refractivity contribution is 5.86. The molecule has 110 valence electrons. The van der Waals surface area contributed by atoms with Crippen molar-refractivity contribution in [3.05, 3.63) is 23.8 Å². The third kappa shape index (κ3) is 2.69. The summed E-state index contributed by atoms with van der Waals surface area (Å²) in [6.07, 6.45) is 3.60. The Bertz CT molecular complexity index is 501. The molecule has 1 aromatic rings. The molecule has 1 amide bonds. The zero-order chi connectivity index (χ0) is 13.3. The fraction of sp³-hybridized carbons (Fsp3) is 0.500. The Hall–Kier alpha value is -1.46. The Morgan fingerprint density at radius 3 is 2.80 bits per heavy atom. The molecule has 0 unspecified atom stereocenters. The summed E-state index contributed by atoms with van der Waals surface area (Å²) in [5.74, 6) is 1.39. The summed E-state index contributed by atoms with van der Waals surface area (Å²) in [4.78, 5) is 12.1. The van der Waals surface area contributed by atoms with Gasteiger partial charge in [-0.05, 0) is 18.9 Å². The second kappa shape index (κ2) is 5.89. The molecule has 1 aromatic carbocycles. The number of para-hydroxylation sites is 1. The van der Waals surface area contributed by atoms with E-state index < -0.39 is 5.54 Å². The van der Waals surface area contributed by atoms with Gasteiger partial charge in [-0.25, -0.2) is 0 Å². The third-order valence-electron chi connectivity index (χ3n) is 3.87. The topological polar surface area (TPSA) is 73.6 Å². The van der Waals surface area contributed by atoms with Gasteiger partial charge < -0.3 is 20.5 Å². The summed E-state index contributed by atoms with van der Waals surface area (Å²) in [5.41, 5.74) is 6.35. The normalized spacial score (nSPS) is 18.4. The molecule has 3 N–H and O–H groups in total. The smallest absolute Gasteiger partial charge is 0.240 e. The minimum Gasteiger partial charge on any atom is -0.454 e. The fourth-order valence-electron chi connectivity index (χ4n) is 2.71. The van der Waals surface area contributed by atoms with E-state index in [-0.39, 0.29) is 25.1 Å². The van der Waals surface area contributed by atoms with E-state index in [9.17, 15) is 4.79 Å². The first-order chi connectivity index (χ1) is 9.19. The summed E-state index contributed by atoms with van der Waals surface area (Å²) in [7, 11) is 0. The molecule has 20 heavy (non-hydrogen) atoms. The third-order valence-corrected chi connectivity index (χ3v) is 3.87. The highest BCUT2D eigenvalue weighted by Crippen LogP contribution is 2.35. The van der Waals surface area contributed by atoms with Gasteiger partial charge in [0.05, 0.1) is 5.54 Å². The van der Waals surface area contributed by atoms with Crippen molar-refractivity contribution in [3.8, 4) is 11.5 Å². The van der Waals surface area contributed by atoms with Gasteiger partial charge in [0.15, 0.2) is 11.5 Å². The van der Waals surface area contributed by atoms with Crippen LogP contribution in [-0.2, 0) is 11.3 Å². The van der Waals surface area contributed by atoms with Crippen LogP contribution < -0.4 is 20.5 Å². The maximum Gasteiger partial charge on any atom is 0.240 e. The highest BCUT2D eigenvalue weighted by Gasteiger charge is 2.36. The molecule has 6 heteroatoms. The molecule has 0 radical (unpaired) electrons. The van der Waals surface area contributed by atoms with Crippen molar-refractivity contribution in [2.45, 2.75) is 37.8 Å². The second-order valence-corrected chi connectivity index (χ2v) is 5.20. The molecule has 1 heterocycles. The monoisotopic (exact) mass is 298 g/mol. The van der Waals surface area contributed by atoms with Crippen LogP contribution in [0.15, 0.2) is 18.2 Å². The molecule has 0 atom stereocenters. The Labute approximate surface area is 124 Å². The Balaban J connectivity index is 0.00000147. The second-order valence-electron chi connectivity index (χ2n) is 5.20. The number of hydrogen-bond acceptors (Lipinski definition) is 4. The Morgan fingerprint density at radius 2 is 2.05 bits per heavy atom. The van der Waals surface area contributed by atoms with E-state index in [2.05, 4.69) is 5.32 Å². The lowest BCUT2D eigenvalue weighted by Crippen LogP contribution is -2.51. The lowest BCUT2D eigenvalue weighted by molar-refractivity contribution is -0.126. The largest absolute Gasteiger partial charge is 0.454 e. The van der Waals surface area contributed by atoms with Gasteiger partial charge in [0.25, 0.3) is 0 Å². The summed E-state index contributed by atoms with van der Waals surface area (Å²) in [6, 6.07) is 5.67. The molecule has 2 aliphatic rings. The predicted molar refractivity (Wildman–Crippen MR) is 77.0 cm³/mol. The minimum atomic E-state index is -0.685. The molecule has 0 aromatic heterocycles. The quantitative estimate of drug-likeness (QED) is 0.891. The number of halogens is 1. The molecule has 0 bridgehead atoms. The zero-order valence-electron chi connectivity index (χ0n) is 11.2. The highest BCUT2D eigenvalue weighted by atomic mass is 35.5. The summed E-state index contributed by atoms with van der Waals surface area (Å²) in [6.45, 7) is 0.658. The fourth-order valence-corrected chi connectivity index (χ4v) is 2.71. The maximum absolute atomic E-state index is 12.1. The zero-order valence-corrected chi connectivity index (χ0v) is 12.0. The average Bonchev–Trinajstić information content (AvgIpc) is 3.05. The lowest BCUT2D eigenvalue weighted by atomic mass is 9.98. The first kappa shape index (κ1) is 14.9. The van der Waals surface area contributed by atoms with Gasteiger partial charge in [-0.15, -0.1) is 12.4 Å². The van der Waals surface area contributed by atoms with Crippen LogP contribution in [0.5, 0.6) is 11.5 Å². The first-order valence-corrected chi connectivity index (χ1v) is 6.64. The lowest BCUT2D eigenvalue weighted by Gasteiger charge is -2.22. The van der Waals surface area contributed by atoms with Gasteiger partial charge >= 0.3 is 0 Å². The standard InChI is InChI=1S/C14H18N2O3.ClH/c15-14(6-1-2-7-14)13(17)16-8-10-4-3-5-11-12(10)19-9-18-11;/h3-5H,1-2,6-9,15H2,(H,16,17);1H. The van der Waals surface area contributed by atoms with Gasteiger partial charge in [0.1, 0.15) is 0 Å². The van der Waals surface area contributed by atoms with Crippen molar-refractivity contribution in [1.82, 2.24) is 5.32 Å².